The van der Waals surface area contributed by atoms with E-state index in [2.05, 4.69) is 6.58 Å². The molecule has 0 N–H and O–H groups in total. The maximum Gasteiger partial charge on any atom is 0.317 e. The number of hydrogen-bond donors (Lipinski definition) is 0. The van der Waals surface area contributed by atoms with Crippen molar-refractivity contribution in [2.75, 3.05) is 6.61 Å². The van der Waals surface area contributed by atoms with E-state index in [1.165, 1.54) is 0 Å². The highest BCUT2D eigenvalue weighted by molar-refractivity contribution is 5.78. The summed E-state index contributed by atoms with van der Waals surface area (Å²) in [6, 6.07) is 0. The van der Waals surface area contributed by atoms with Crippen molar-refractivity contribution in [2.24, 2.45) is 5.41 Å². The van der Waals surface area contributed by atoms with Gasteiger partial charge in [0, 0.05) is 6.42 Å². The summed E-state index contributed by atoms with van der Waals surface area (Å²) in [5, 5.41) is 0. The molecule has 0 amide bonds. The Labute approximate surface area is 78.7 Å². The van der Waals surface area contributed by atoms with Gasteiger partial charge in [-0.05, 0) is 20.3 Å². The number of ether oxygens (including phenoxy) is 2. The normalized spacial score (nSPS) is 22.8. The van der Waals surface area contributed by atoms with Crippen molar-refractivity contribution in [3.8, 4) is 0 Å². The molecule has 3 heteroatoms. The molecular weight excluding hydrogens is 168 g/mol. The number of hydrogen-bond acceptors (Lipinski definition) is 3. The van der Waals surface area contributed by atoms with Crippen molar-refractivity contribution in [1.82, 2.24) is 0 Å². The average molecular weight is 184 g/mol. The van der Waals surface area contributed by atoms with Crippen molar-refractivity contribution in [1.29, 1.82) is 0 Å². The fourth-order valence-electron chi connectivity index (χ4n) is 0.996. The number of carbonyl (C=O) groups is 1. The highest BCUT2D eigenvalue weighted by Gasteiger charge is 2.29. The summed E-state index contributed by atoms with van der Waals surface area (Å²) in [6.07, 6.45) is 3.02. The third-order valence-corrected chi connectivity index (χ3v) is 2.16. The lowest BCUT2D eigenvalue weighted by molar-refractivity contribution is -0.177. The third kappa shape index (κ3) is 2.56. The molecule has 0 saturated carbocycles. The van der Waals surface area contributed by atoms with Crippen molar-refractivity contribution in [3.63, 3.8) is 0 Å². The Morgan fingerprint density at radius 3 is 2.85 bits per heavy atom. The van der Waals surface area contributed by atoms with Gasteiger partial charge in [-0.3, -0.25) is 4.79 Å². The van der Waals surface area contributed by atoms with Gasteiger partial charge in [0.1, 0.15) is 0 Å². The van der Waals surface area contributed by atoms with E-state index in [1.54, 1.807) is 19.9 Å². The molecule has 0 radical (unpaired) electrons. The largest absolute Gasteiger partial charge is 0.435 e. The zero-order valence-corrected chi connectivity index (χ0v) is 8.21. The van der Waals surface area contributed by atoms with E-state index >= 15 is 0 Å². The fourth-order valence-corrected chi connectivity index (χ4v) is 0.996. The summed E-state index contributed by atoms with van der Waals surface area (Å²) in [5.74, 6) is -0.269. The van der Waals surface area contributed by atoms with Gasteiger partial charge in [-0.15, -0.1) is 6.58 Å². The zero-order chi connectivity index (χ0) is 9.90. The van der Waals surface area contributed by atoms with Crippen LogP contribution in [0.2, 0.25) is 0 Å². The molecule has 0 aromatic rings. The molecule has 0 aliphatic carbocycles. The van der Waals surface area contributed by atoms with Gasteiger partial charge in [0.15, 0.2) is 0 Å². The summed E-state index contributed by atoms with van der Waals surface area (Å²) < 4.78 is 10.3. The van der Waals surface area contributed by atoms with Crippen molar-refractivity contribution < 1.29 is 14.3 Å². The van der Waals surface area contributed by atoms with Gasteiger partial charge in [-0.2, -0.15) is 0 Å². The van der Waals surface area contributed by atoms with Gasteiger partial charge in [0.2, 0.25) is 6.29 Å². The monoisotopic (exact) mass is 184 g/mol. The maximum atomic E-state index is 11.5. The molecule has 13 heavy (non-hydrogen) atoms. The lowest BCUT2D eigenvalue weighted by Crippen LogP contribution is -2.28. The van der Waals surface area contributed by atoms with Gasteiger partial charge in [0.05, 0.1) is 12.0 Å². The van der Waals surface area contributed by atoms with Crippen LogP contribution in [0.15, 0.2) is 12.7 Å². The molecule has 0 spiro atoms. The Morgan fingerprint density at radius 2 is 2.38 bits per heavy atom. The molecule has 0 aromatic heterocycles. The summed E-state index contributed by atoms with van der Waals surface area (Å²) in [4.78, 5) is 11.5. The molecule has 3 nitrogen and oxygen atoms in total. The molecule has 1 rings (SSSR count). The molecule has 1 saturated heterocycles. The highest BCUT2D eigenvalue weighted by atomic mass is 16.7. The molecule has 1 fully saturated rings. The minimum Gasteiger partial charge on any atom is -0.435 e. The van der Waals surface area contributed by atoms with E-state index in [0.29, 0.717) is 6.61 Å². The maximum absolute atomic E-state index is 11.5. The van der Waals surface area contributed by atoms with Crippen LogP contribution in [0.4, 0.5) is 0 Å². The molecule has 0 bridgehead atoms. The first kappa shape index (κ1) is 10.3. The number of esters is 1. The Morgan fingerprint density at radius 1 is 1.69 bits per heavy atom. The molecule has 1 atom stereocenters. The van der Waals surface area contributed by atoms with E-state index in [0.717, 1.165) is 12.8 Å². The number of carbonyl (C=O) groups excluding carboxylic acids is 1. The molecule has 1 aliphatic heterocycles. The van der Waals surface area contributed by atoms with Crippen molar-refractivity contribution in [3.05, 3.63) is 12.7 Å². The van der Waals surface area contributed by atoms with Crippen LogP contribution >= 0.6 is 0 Å². The summed E-state index contributed by atoms with van der Waals surface area (Å²) in [6.45, 7) is 7.82. The van der Waals surface area contributed by atoms with E-state index in [-0.39, 0.29) is 12.3 Å². The van der Waals surface area contributed by atoms with Crippen molar-refractivity contribution >= 4 is 5.97 Å². The summed E-state index contributed by atoms with van der Waals surface area (Å²) >= 11 is 0. The minimum absolute atomic E-state index is 0.269. The quantitative estimate of drug-likeness (QED) is 0.496. The van der Waals surface area contributed by atoms with Crippen LogP contribution in [0.1, 0.15) is 26.7 Å². The van der Waals surface area contributed by atoms with Gasteiger partial charge in [0.25, 0.3) is 0 Å². The SMILES string of the molecule is C=CC(C)(C)C(=O)OC1CCCO1. The van der Waals surface area contributed by atoms with Crippen LogP contribution in [-0.2, 0) is 14.3 Å². The van der Waals surface area contributed by atoms with Crippen LogP contribution in [0.3, 0.4) is 0 Å². The van der Waals surface area contributed by atoms with E-state index < -0.39 is 5.41 Å². The van der Waals surface area contributed by atoms with Crippen LogP contribution in [0, 0.1) is 5.41 Å². The first-order chi connectivity index (χ1) is 6.06. The van der Waals surface area contributed by atoms with Gasteiger partial charge in [-0.1, -0.05) is 6.08 Å². The average Bonchev–Trinajstić information content (AvgIpc) is 2.57. The van der Waals surface area contributed by atoms with Gasteiger partial charge < -0.3 is 9.47 Å². The first-order valence-corrected chi connectivity index (χ1v) is 4.52. The van der Waals surface area contributed by atoms with Gasteiger partial charge in [-0.25, -0.2) is 0 Å². The Bertz CT molecular complexity index is 202. The molecule has 74 valence electrons. The second kappa shape index (κ2) is 3.92. The van der Waals surface area contributed by atoms with E-state index in [1.807, 2.05) is 0 Å². The molecular formula is C10H16O3. The second-order valence-electron chi connectivity index (χ2n) is 3.77. The van der Waals surface area contributed by atoms with Crippen LogP contribution in [-0.4, -0.2) is 18.9 Å². The minimum atomic E-state index is -0.619. The van der Waals surface area contributed by atoms with Crippen LogP contribution < -0.4 is 0 Å². The van der Waals surface area contributed by atoms with Crippen LogP contribution in [0.5, 0.6) is 0 Å². The highest BCUT2D eigenvalue weighted by Crippen LogP contribution is 2.22. The summed E-state index contributed by atoms with van der Waals surface area (Å²) in [7, 11) is 0. The Hall–Kier alpha value is -0.830. The van der Waals surface area contributed by atoms with E-state index in [9.17, 15) is 4.79 Å². The third-order valence-electron chi connectivity index (χ3n) is 2.16. The lowest BCUT2D eigenvalue weighted by atomic mass is 9.94. The number of rotatable bonds is 3. The predicted molar refractivity (Wildman–Crippen MR) is 49.0 cm³/mol. The first-order valence-electron chi connectivity index (χ1n) is 4.52. The molecule has 1 aliphatic rings. The smallest absolute Gasteiger partial charge is 0.317 e. The fraction of sp³-hybridized carbons (Fsp3) is 0.700. The molecule has 1 heterocycles. The molecule has 1 unspecified atom stereocenters. The zero-order valence-electron chi connectivity index (χ0n) is 8.21. The van der Waals surface area contributed by atoms with E-state index in [4.69, 9.17) is 9.47 Å². The Kier molecular flexibility index (Phi) is 3.09. The Balaban J connectivity index is 2.44. The van der Waals surface area contributed by atoms with Gasteiger partial charge >= 0.3 is 5.97 Å². The molecule has 0 aromatic carbocycles. The lowest BCUT2D eigenvalue weighted by Gasteiger charge is -2.20. The van der Waals surface area contributed by atoms with Crippen molar-refractivity contribution in [2.45, 2.75) is 33.0 Å². The van der Waals surface area contributed by atoms with Crippen LogP contribution in [0.25, 0.3) is 0 Å². The summed E-state index contributed by atoms with van der Waals surface area (Å²) in [5.41, 5.74) is -0.619. The topological polar surface area (TPSA) is 35.5 Å². The standard InChI is InChI=1S/C10H16O3/c1-4-10(2,3)9(11)13-8-6-5-7-12-8/h4,8H,1,5-7H2,2-3H3. The second-order valence-corrected chi connectivity index (χ2v) is 3.77. The predicted octanol–water partition coefficient (Wildman–Crippen LogP) is 1.88.